The van der Waals surface area contributed by atoms with Gasteiger partial charge < -0.3 is 0 Å². The van der Waals surface area contributed by atoms with Gasteiger partial charge in [-0.15, -0.1) is 0 Å². The zero-order valence-corrected chi connectivity index (χ0v) is 10.6. The van der Waals surface area contributed by atoms with Crippen molar-refractivity contribution in [2.45, 2.75) is 0 Å². The number of nitrogens with one attached hydrogen (secondary N) is 1. The first kappa shape index (κ1) is 13.4. The van der Waals surface area contributed by atoms with Crippen LogP contribution >= 0.6 is 0 Å². The summed E-state index contributed by atoms with van der Waals surface area (Å²) < 4.78 is 1.41. The Morgan fingerprint density at radius 1 is 1.50 bits per heavy atom. The maximum Gasteiger partial charge on any atom is 0.289 e. The molecule has 20 heavy (non-hydrogen) atoms. The number of carbonyl (C=O) groups is 1. The summed E-state index contributed by atoms with van der Waals surface area (Å²) in [5, 5.41) is 18.2. The Bertz CT molecular complexity index is 677. The van der Waals surface area contributed by atoms with Gasteiger partial charge >= 0.3 is 0 Å². The number of nitro benzene ring substituents is 1. The predicted octanol–water partition coefficient (Wildman–Crippen LogP) is 1.09. The highest BCUT2D eigenvalue weighted by Crippen LogP contribution is 2.11. The minimum atomic E-state index is -0.494. The average Bonchev–Trinajstić information content (AvgIpc) is 2.85. The zero-order valence-electron chi connectivity index (χ0n) is 10.6. The Kier molecular flexibility index (Phi) is 3.85. The van der Waals surface area contributed by atoms with Crippen molar-refractivity contribution in [1.29, 1.82) is 0 Å². The molecule has 0 saturated carbocycles. The molecule has 0 aliphatic carbocycles. The molecule has 1 heterocycles. The summed E-state index contributed by atoms with van der Waals surface area (Å²) in [6.07, 6.45) is 2.83. The van der Waals surface area contributed by atoms with E-state index >= 15 is 0 Å². The van der Waals surface area contributed by atoms with Gasteiger partial charge in [0.2, 0.25) is 0 Å². The maximum absolute atomic E-state index is 11.7. The third-order valence-corrected chi connectivity index (χ3v) is 2.51. The summed E-state index contributed by atoms with van der Waals surface area (Å²) in [6, 6.07) is 7.48. The number of hydrogen-bond acceptors (Lipinski definition) is 5. The molecular formula is C12H11N5O3. The fraction of sp³-hybridized carbons (Fsp3) is 0.0833. The van der Waals surface area contributed by atoms with Gasteiger partial charge in [-0.3, -0.25) is 19.6 Å². The number of hydrazone groups is 1. The molecule has 8 heteroatoms. The van der Waals surface area contributed by atoms with Crippen molar-refractivity contribution >= 4 is 17.8 Å². The number of rotatable bonds is 4. The van der Waals surface area contributed by atoms with E-state index in [1.807, 2.05) is 0 Å². The van der Waals surface area contributed by atoms with Crippen LogP contribution in [0.5, 0.6) is 0 Å². The van der Waals surface area contributed by atoms with Crippen LogP contribution in [0.3, 0.4) is 0 Å². The molecule has 2 rings (SSSR count). The lowest BCUT2D eigenvalue weighted by Crippen LogP contribution is -2.20. The highest BCUT2D eigenvalue weighted by molar-refractivity contribution is 5.93. The van der Waals surface area contributed by atoms with Crippen molar-refractivity contribution < 1.29 is 9.72 Å². The molecule has 1 aromatic carbocycles. The third-order valence-electron chi connectivity index (χ3n) is 2.51. The van der Waals surface area contributed by atoms with Crippen molar-refractivity contribution in [2.75, 3.05) is 0 Å². The molecule has 102 valence electrons. The van der Waals surface area contributed by atoms with Crippen LogP contribution in [-0.2, 0) is 7.05 Å². The van der Waals surface area contributed by atoms with Gasteiger partial charge in [0.1, 0.15) is 5.69 Å². The predicted molar refractivity (Wildman–Crippen MR) is 71.4 cm³/mol. The fourth-order valence-electron chi connectivity index (χ4n) is 1.54. The Labute approximate surface area is 113 Å². The molecule has 0 aliphatic heterocycles. The van der Waals surface area contributed by atoms with Crippen molar-refractivity contribution in [3.63, 3.8) is 0 Å². The minimum Gasteiger partial charge on any atom is -0.266 e. The summed E-state index contributed by atoms with van der Waals surface area (Å²) in [6.45, 7) is 0. The molecule has 1 amide bonds. The lowest BCUT2D eigenvalue weighted by molar-refractivity contribution is -0.384. The Balaban J connectivity index is 2.04. The van der Waals surface area contributed by atoms with Crippen LogP contribution in [0, 0.1) is 10.1 Å². The van der Waals surface area contributed by atoms with Gasteiger partial charge in [0.05, 0.1) is 11.1 Å². The van der Waals surface area contributed by atoms with Gasteiger partial charge in [0.25, 0.3) is 11.6 Å². The van der Waals surface area contributed by atoms with Crippen LogP contribution in [0.2, 0.25) is 0 Å². The molecular weight excluding hydrogens is 262 g/mol. The molecule has 0 aliphatic rings. The zero-order chi connectivity index (χ0) is 14.5. The van der Waals surface area contributed by atoms with Gasteiger partial charge in [0.15, 0.2) is 0 Å². The second-order valence-electron chi connectivity index (χ2n) is 3.89. The van der Waals surface area contributed by atoms with Crippen molar-refractivity contribution in [3.05, 3.63) is 57.9 Å². The van der Waals surface area contributed by atoms with Crippen molar-refractivity contribution in [2.24, 2.45) is 12.1 Å². The van der Waals surface area contributed by atoms with E-state index in [1.165, 1.54) is 29.2 Å². The molecule has 0 atom stereocenters. The Morgan fingerprint density at radius 3 is 2.95 bits per heavy atom. The Morgan fingerprint density at radius 2 is 2.30 bits per heavy atom. The number of non-ortho nitro benzene ring substituents is 1. The summed E-state index contributed by atoms with van der Waals surface area (Å²) in [7, 11) is 1.64. The molecule has 1 aromatic heterocycles. The first-order valence-electron chi connectivity index (χ1n) is 5.64. The van der Waals surface area contributed by atoms with Crippen molar-refractivity contribution in [3.8, 4) is 0 Å². The average molecular weight is 273 g/mol. The van der Waals surface area contributed by atoms with Gasteiger partial charge in [0, 0.05) is 30.9 Å². The minimum absolute atomic E-state index is 0.0353. The molecule has 8 nitrogen and oxygen atoms in total. The lowest BCUT2D eigenvalue weighted by Gasteiger charge is -1.99. The molecule has 2 aromatic rings. The highest BCUT2D eigenvalue weighted by atomic mass is 16.6. The van der Waals surface area contributed by atoms with Crippen LogP contribution in [0.1, 0.15) is 16.1 Å². The SMILES string of the molecule is Cn1nccc1C(=O)N/N=C\c1cccc([N+](=O)[O-])c1. The first-order valence-corrected chi connectivity index (χ1v) is 5.64. The summed E-state index contributed by atoms with van der Waals surface area (Å²) in [5.74, 6) is -0.410. The summed E-state index contributed by atoms with van der Waals surface area (Å²) in [4.78, 5) is 21.8. The van der Waals surface area contributed by atoms with Gasteiger partial charge in [-0.25, -0.2) is 5.43 Å². The van der Waals surface area contributed by atoms with E-state index < -0.39 is 10.8 Å². The van der Waals surface area contributed by atoms with E-state index in [-0.39, 0.29) is 5.69 Å². The number of benzene rings is 1. The number of hydrogen-bond donors (Lipinski definition) is 1. The smallest absolute Gasteiger partial charge is 0.266 e. The van der Waals surface area contributed by atoms with Gasteiger partial charge in [-0.2, -0.15) is 10.2 Å². The number of aryl methyl sites for hydroxylation is 1. The largest absolute Gasteiger partial charge is 0.289 e. The monoisotopic (exact) mass is 273 g/mol. The second-order valence-corrected chi connectivity index (χ2v) is 3.89. The van der Waals surface area contributed by atoms with Crippen LogP contribution < -0.4 is 5.43 Å². The molecule has 0 saturated heterocycles. The van der Waals surface area contributed by atoms with Crippen LogP contribution in [0.15, 0.2) is 41.6 Å². The van der Waals surface area contributed by atoms with E-state index in [9.17, 15) is 14.9 Å². The van der Waals surface area contributed by atoms with E-state index in [0.717, 1.165) is 0 Å². The first-order chi connectivity index (χ1) is 9.58. The van der Waals surface area contributed by atoms with Crippen LogP contribution in [0.25, 0.3) is 0 Å². The normalized spacial score (nSPS) is 10.7. The third kappa shape index (κ3) is 3.05. The molecule has 1 N–H and O–H groups in total. The summed E-state index contributed by atoms with van der Waals surface area (Å²) in [5.41, 5.74) is 3.17. The number of carbonyl (C=O) groups excluding carboxylic acids is 1. The van der Waals surface area contributed by atoms with Crippen molar-refractivity contribution in [1.82, 2.24) is 15.2 Å². The van der Waals surface area contributed by atoms with E-state index in [1.54, 1.807) is 25.2 Å². The molecule has 0 spiro atoms. The summed E-state index contributed by atoms with van der Waals surface area (Å²) >= 11 is 0. The highest BCUT2D eigenvalue weighted by Gasteiger charge is 2.08. The second kappa shape index (κ2) is 5.74. The fourth-order valence-corrected chi connectivity index (χ4v) is 1.54. The molecule has 0 bridgehead atoms. The Hall–Kier alpha value is -3.03. The number of amides is 1. The molecule has 0 radical (unpaired) electrons. The molecule has 0 fully saturated rings. The van der Waals surface area contributed by atoms with Crippen LogP contribution in [0.4, 0.5) is 5.69 Å². The topological polar surface area (TPSA) is 102 Å². The number of nitrogens with zero attached hydrogens (tertiary/aromatic N) is 4. The number of aromatic nitrogens is 2. The lowest BCUT2D eigenvalue weighted by atomic mass is 10.2. The van der Waals surface area contributed by atoms with Gasteiger partial charge in [-0.05, 0) is 6.07 Å². The van der Waals surface area contributed by atoms with E-state index in [0.29, 0.717) is 11.3 Å². The number of nitro groups is 1. The molecule has 0 unspecified atom stereocenters. The quantitative estimate of drug-likeness (QED) is 0.511. The van der Waals surface area contributed by atoms with Gasteiger partial charge in [-0.1, -0.05) is 12.1 Å². The maximum atomic E-state index is 11.7. The standard InChI is InChI=1S/C12H11N5O3/c1-16-11(5-6-14-16)12(18)15-13-8-9-3-2-4-10(7-9)17(19)20/h2-8H,1H3,(H,15,18)/b13-8-. The van der Waals surface area contributed by atoms with E-state index in [2.05, 4.69) is 15.6 Å². The van der Waals surface area contributed by atoms with Crippen LogP contribution in [-0.4, -0.2) is 26.8 Å². The van der Waals surface area contributed by atoms with E-state index in [4.69, 9.17) is 0 Å².